The van der Waals surface area contributed by atoms with E-state index in [9.17, 15) is 18.0 Å². The highest BCUT2D eigenvalue weighted by Crippen LogP contribution is 2.33. The summed E-state index contributed by atoms with van der Waals surface area (Å²) in [5.74, 6) is -0.428. The SMILES string of the molecule is CC[C@@H](C(=O)NCC(C)C)N(Cc1ccc(Cl)c(Cl)c1)C(=O)CN(c1ccccc1OC)S(=O)(=O)c1ccccc1. The summed E-state index contributed by atoms with van der Waals surface area (Å²) in [6.45, 7) is 5.60. The molecule has 41 heavy (non-hydrogen) atoms. The van der Waals surface area contributed by atoms with Crippen molar-refractivity contribution in [1.29, 1.82) is 0 Å². The fourth-order valence-electron chi connectivity index (χ4n) is 4.25. The van der Waals surface area contributed by atoms with E-state index in [1.165, 1.54) is 24.1 Å². The summed E-state index contributed by atoms with van der Waals surface area (Å²) in [5.41, 5.74) is 0.830. The third-order valence-electron chi connectivity index (χ3n) is 6.37. The molecule has 0 aliphatic rings. The van der Waals surface area contributed by atoms with Gasteiger partial charge in [0.25, 0.3) is 10.0 Å². The van der Waals surface area contributed by atoms with Crippen LogP contribution in [0.3, 0.4) is 0 Å². The van der Waals surface area contributed by atoms with Crippen LogP contribution in [0, 0.1) is 5.92 Å². The van der Waals surface area contributed by atoms with Gasteiger partial charge in [0, 0.05) is 13.1 Å². The minimum Gasteiger partial charge on any atom is -0.495 e. The summed E-state index contributed by atoms with van der Waals surface area (Å²) in [6, 6.07) is 18.5. The van der Waals surface area contributed by atoms with Crippen molar-refractivity contribution in [1.82, 2.24) is 10.2 Å². The number of hydrogen-bond donors (Lipinski definition) is 1. The van der Waals surface area contributed by atoms with E-state index >= 15 is 0 Å². The number of anilines is 1. The van der Waals surface area contributed by atoms with E-state index in [4.69, 9.17) is 27.9 Å². The molecule has 0 fully saturated rings. The van der Waals surface area contributed by atoms with E-state index in [0.717, 1.165) is 4.31 Å². The number of sulfonamides is 1. The average Bonchev–Trinajstić information content (AvgIpc) is 2.96. The van der Waals surface area contributed by atoms with Crippen molar-refractivity contribution in [2.24, 2.45) is 5.92 Å². The fraction of sp³-hybridized carbons (Fsp3) is 0.333. The number of hydrogen-bond acceptors (Lipinski definition) is 5. The van der Waals surface area contributed by atoms with Gasteiger partial charge >= 0.3 is 0 Å². The molecular weight excluding hydrogens is 585 g/mol. The maximum absolute atomic E-state index is 14.1. The van der Waals surface area contributed by atoms with Crippen molar-refractivity contribution in [2.45, 2.75) is 44.7 Å². The first-order chi connectivity index (χ1) is 19.5. The predicted octanol–water partition coefficient (Wildman–Crippen LogP) is 5.78. The number of methoxy groups -OCH3 is 1. The molecule has 0 radical (unpaired) electrons. The number of para-hydroxylation sites is 2. The third kappa shape index (κ3) is 8.15. The molecule has 0 saturated carbocycles. The second-order valence-electron chi connectivity index (χ2n) is 9.83. The number of nitrogens with zero attached hydrogens (tertiary/aromatic N) is 2. The lowest BCUT2D eigenvalue weighted by molar-refractivity contribution is -0.140. The smallest absolute Gasteiger partial charge is 0.264 e. The molecule has 0 bridgehead atoms. The Kier molecular flexibility index (Phi) is 11.5. The highest BCUT2D eigenvalue weighted by atomic mass is 35.5. The zero-order valence-electron chi connectivity index (χ0n) is 23.5. The van der Waals surface area contributed by atoms with Gasteiger partial charge in [-0.3, -0.25) is 13.9 Å². The molecule has 1 N–H and O–H groups in total. The molecule has 0 aliphatic carbocycles. The molecule has 0 spiro atoms. The molecule has 11 heteroatoms. The zero-order valence-corrected chi connectivity index (χ0v) is 25.8. The second kappa shape index (κ2) is 14.6. The average molecular weight is 621 g/mol. The molecule has 3 aromatic carbocycles. The molecule has 0 aliphatic heterocycles. The standard InChI is InChI=1S/C30H35Cl2N3O5S/c1-5-26(30(37)33-18-21(2)3)34(19-22-15-16-24(31)25(32)17-22)29(36)20-35(27-13-9-10-14-28(27)40-4)41(38,39)23-11-7-6-8-12-23/h6-17,21,26H,5,18-20H2,1-4H3,(H,33,37)/t26-/m0/s1. The van der Waals surface area contributed by atoms with Crippen LogP contribution in [-0.2, 0) is 26.2 Å². The number of amides is 2. The summed E-state index contributed by atoms with van der Waals surface area (Å²) < 4.78 is 34.4. The Morgan fingerprint density at radius 3 is 2.22 bits per heavy atom. The third-order valence-corrected chi connectivity index (χ3v) is 8.88. The van der Waals surface area contributed by atoms with Crippen LogP contribution in [0.1, 0.15) is 32.8 Å². The van der Waals surface area contributed by atoms with Crippen LogP contribution in [0.5, 0.6) is 5.75 Å². The molecule has 0 saturated heterocycles. The lowest BCUT2D eigenvalue weighted by atomic mass is 10.1. The molecule has 3 rings (SSSR count). The van der Waals surface area contributed by atoms with Crippen LogP contribution >= 0.6 is 23.2 Å². The largest absolute Gasteiger partial charge is 0.495 e. The quantitative estimate of drug-likeness (QED) is 0.262. The van der Waals surface area contributed by atoms with E-state index in [0.29, 0.717) is 28.6 Å². The molecule has 0 unspecified atom stereocenters. The Morgan fingerprint density at radius 1 is 0.951 bits per heavy atom. The Hall–Kier alpha value is -3.27. The fourth-order valence-corrected chi connectivity index (χ4v) is 6.01. The lowest BCUT2D eigenvalue weighted by Gasteiger charge is -2.33. The van der Waals surface area contributed by atoms with Crippen LogP contribution in [0.15, 0.2) is 77.7 Å². The van der Waals surface area contributed by atoms with Gasteiger partial charge in [0.05, 0.1) is 27.7 Å². The van der Waals surface area contributed by atoms with Crippen molar-refractivity contribution in [3.8, 4) is 5.75 Å². The van der Waals surface area contributed by atoms with Gasteiger partial charge in [-0.25, -0.2) is 8.42 Å². The van der Waals surface area contributed by atoms with Crippen LogP contribution in [0.4, 0.5) is 5.69 Å². The Bertz CT molecular complexity index is 1450. The molecule has 1 atom stereocenters. The first-order valence-electron chi connectivity index (χ1n) is 13.2. The first-order valence-corrected chi connectivity index (χ1v) is 15.4. The number of rotatable bonds is 13. The number of benzene rings is 3. The van der Waals surface area contributed by atoms with E-state index in [1.54, 1.807) is 67.6 Å². The Labute approximate surface area is 252 Å². The van der Waals surface area contributed by atoms with Gasteiger partial charge in [0.15, 0.2) is 0 Å². The predicted molar refractivity (Wildman–Crippen MR) is 163 cm³/mol. The zero-order chi connectivity index (χ0) is 30.2. The minimum atomic E-state index is -4.21. The summed E-state index contributed by atoms with van der Waals surface area (Å²) in [6.07, 6.45) is 0.303. The van der Waals surface area contributed by atoms with Crippen molar-refractivity contribution in [3.05, 3.63) is 88.4 Å². The Balaban J connectivity index is 2.09. The van der Waals surface area contributed by atoms with Crippen molar-refractivity contribution < 1.29 is 22.7 Å². The second-order valence-corrected chi connectivity index (χ2v) is 12.5. The molecule has 3 aromatic rings. The number of halogens is 2. The lowest BCUT2D eigenvalue weighted by Crippen LogP contribution is -2.52. The number of carbonyl (C=O) groups excluding carboxylic acids is 2. The van der Waals surface area contributed by atoms with Crippen LogP contribution in [0.25, 0.3) is 0 Å². The molecule has 0 heterocycles. The number of carbonyl (C=O) groups is 2. The van der Waals surface area contributed by atoms with Gasteiger partial charge in [-0.1, -0.05) is 80.4 Å². The van der Waals surface area contributed by atoms with Gasteiger partial charge in [-0.2, -0.15) is 0 Å². The van der Waals surface area contributed by atoms with E-state index < -0.39 is 28.5 Å². The number of ether oxygens (including phenoxy) is 1. The maximum atomic E-state index is 14.1. The number of nitrogens with one attached hydrogen (secondary N) is 1. The molecule has 220 valence electrons. The summed E-state index contributed by atoms with van der Waals surface area (Å²) >= 11 is 12.3. The summed E-state index contributed by atoms with van der Waals surface area (Å²) in [5, 5.41) is 3.56. The maximum Gasteiger partial charge on any atom is 0.264 e. The minimum absolute atomic E-state index is 0.00841. The van der Waals surface area contributed by atoms with E-state index in [-0.39, 0.29) is 34.7 Å². The summed E-state index contributed by atoms with van der Waals surface area (Å²) in [7, 11) is -2.78. The summed E-state index contributed by atoms with van der Waals surface area (Å²) in [4.78, 5) is 28.8. The highest BCUT2D eigenvalue weighted by Gasteiger charge is 2.34. The van der Waals surface area contributed by atoms with Crippen LogP contribution in [-0.4, -0.2) is 51.4 Å². The van der Waals surface area contributed by atoms with Gasteiger partial charge in [-0.15, -0.1) is 0 Å². The molecule has 8 nitrogen and oxygen atoms in total. The van der Waals surface area contributed by atoms with Gasteiger partial charge in [-0.05, 0) is 54.3 Å². The van der Waals surface area contributed by atoms with Crippen molar-refractivity contribution >= 4 is 50.7 Å². The van der Waals surface area contributed by atoms with Crippen molar-refractivity contribution in [3.63, 3.8) is 0 Å². The molecular formula is C30H35Cl2N3O5S. The Morgan fingerprint density at radius 2 is 1.61 bits per heavy atom. The normalized spacial score (nSPS) is 12.1. The molecule has 2 amide bonds. The van der Waals surface area contributed by atoms with E-state index in [1.807, 2.05) is 13.8 Å². The monoisotopic (exact) mass is 619 g/mol. The van der Waals surface area contributed by atoms with Crippen LogP contribution < -0.4 is 14.4 Å². The van der Waals surface area contributed by atoms with Crippen molar-refractivity contribution in [2.75, 3.05) is 24.5 Å². The topological polar surface area (TPSA) is 96.0 Å². The highest BCUT2D eigenvalue weighted by molar-refractivity contribution is 7.92. The van der Waals surface area contributed by atoms with Gasteiger partial charge in [0.2, 0.25) is 11.8 Å². The van der Waals surface area contributed by atoms with Gasteiger partial charge < -0.3 is 15.0 Å². The first kappa shape index (κ1) is 32.2. The molecule has 0 aromatic heterocycles. The van der Waals surface area contributed by atoms with Gasteiger partial charge in [0.1, 0.15) is 18.3 Å². The van der Waals surface area contributed by atoms with E-state index in [2.05, 4.69) is 5.32 Å². The van der Waals surface area contributed by atoms with Crippen LogP contribution in [0.2, 0.25) is 10.0 Å².